The van der Waals surface area contributed by atoms with E-state index in [1.165, 1.54) is 38.4 Å². The number of aromatic nitrogens is 3. The van der Waals surface area contributed by atoms with E-state index in [1.54, 1.807) is 38.0 Å². The van der Waals surface area contributed by atoms with Gasteiger partial charge in [-0.05, 0) is 25.7 Å². The van der Waals surface area contributed by atoms with Crippen molar-refractivity contribution in [2.45, 2.75) is 30.3 Å². The van der Waals surface area contributed by atoms with Gasteiger partial charge in [0.15, 0.2) is 11.0 Å². The van der Waals surface area contributed by atoms with Crippen LogP contribution in [0.5, 0.6) is 0 Å². The Hall–Kier alpha value is -2.60. The van der Waals surface area contributed by atoms with Crippen LogP contribution in [0.3, 0.4) is 0 Å². The highest BCUT2D eigenvalue weighted by molar-refractivity contribution is 7.99. The summed E-state index contributed by atoms with van der Waals surface area (Å²) in [5, 5.41) is 15.7. The van der Waals surface area contributed by atoms with Crippen molar-refractivity contribution < 1.29 is 14.5 Å². The summed E-state index contributed by atoms with van der Waals surface area (Å²) >= 11 is 2.76. The number of non-ortho nitro benzene ring substituents is 1. The summed E-state index contributed by atoms with van der Waals surface area (Å²) in [6.45, 7) is 4.12. The second-order valence-electron chi connectivity index (χ2n) is 7.07. The lowest BCUT2D eigenvalue weighted by atomic mass is 10.2. The van der Waals surface area contributed by atoms with Crippen LogP contribution in [0.2, 0.25) is 0 Å². The molecule has 2 rings (SSSR count). The lowest BCUT2D eigenvalue weighted by Gasteiger charge is -2.17. The molecule has 0 saturated heterocycles. The summed E-state index contributed by atoms with van der Waals surface area (Å²) in [6, 6.07) is 5.77. The minimum atomic E-state index is -0.478. The van der Waals surface area contributed by atoms with Gasteiger partial charge in [-0.3, -0.25) is 14.9 Å². The van der Waals surface area contributed by atoms with Crippen molar-refractivity contribution in [1.82, 2.24) is 24.6 Å². The number of hydrogen-bond donors (Lipinski definition) is 0. The van der Waals surface area contributed by atoms with Crippen LogP contribution in [0.4, 0.5) is 10.5 Å². The van der Waals surface area contributed by atoms with Gasteiger partial charge in [0.2, 0.25) is 6.41 Å². The van der Waals surface area contributed by atoms with Crippen LogP contribution in [0.25, 0.3) is 0 Å². The topological polar surface area (TPSA) is 114 Å². The maximum Gasteiger partial charge on any atom is 0.346 e. The van der Waals surface area contributed by atoms with Gasteiger partial charge < -0.3 is 9.80 Å². The Kier molecular flexibility index (Phi) is 7.84. The highest BCUT2D eigenvalue weighted by Crippen LogP contribution is 2.32. The van der Waals surface area contributed by atoms with Crippen molar-refractivity contribution in [2.75, 3.05) is 26.2 Å². The summed E-state index contributed by atoms with van der Waals surface area (Å²) in [5.74, 6) is 0.717. The normalized spacial score (nSPS) is 11.2. The van der Waals surface area contributed by atoms with Gasteiger partial charge in [0.05, 0.1) is 15.5 Å². The molecule has 162 valence electrons. The molecule has 2 aromatic rings. The predicted molar refractivity (Wildman–Crippen MR) is 116 cm³/mol. The molecule has 0 aliphatic carbocycles. The average Bonchev–Trinajstić information content (AvgIpc) is 3.15. The SMILES string of the molecule is CSC(C)(C)c1nc(SCN(C=O)Cc2cccc([N+](=O)[O-])c2)n(C(=O)N(C)C)n1. The fourth-order valence-electron chi connectivity index (χ4n) is 2.31. The molecule has 30 heavy (non-hydrogen) atoms. The summed E-state index contributed by atoms with van der Waals surface area (Å²) in [5.41, 5.74) is 0.596. The standard InChI is InChI=1S/C18H24N6O4S2/c1-18(2,29-5)15-19-16(23(20-15)17(26)21(3)4)30-12-22(11-25)10-13-7-6-8-14(9-13)24(27)28/h6-9,11H,10,12H2,1-5H3. The molecule has 1 aromatic carbocycles. The summed E-state index contributed by atoms with van der Waals surface area (Å²) in [4.78, 5) is 41.9. The van der Waals surface area contributed by atoms with Crippen LogP contribution in [0, 0.1) is 10.1 Å². The van der Waals surface area contributed by atoms with E-state index < -0.39 is 4.92 Å². The number of thioether (sulfide) groups is 2. The van der Waals surface area contributed by atoms with Gasteiger partial charge >= 0.3 is 6.03 Å². The molecule has 2 amide bonds. The fraction of sp³-hybridized carbons (Fsp3) is 0.444. The number of rotatable bonds is 9. The van der Waals surface area contributed by atoms with Gasteiger partial charge in [0.1, 0.15) is 0 Å². The Morgan fingerprint density at radius 3 is 2.63 bits per heavy atom. The quantitative estimate of drug-likeness (QED) is 0.187. The van der Waals surface area contributed by atoms with Crippen molar-refractivity contribution in [1.29, 1.82) is 0 Å². The smallest absolute Gasteiger partial charge is 0.331 e. The van der Waals surface area contributed by atoms with E-state index >= 15 is 0 Å². The lowest BCUT2D eigenvalue weighted by Crippen LogP contribution is -2.29. The molecule has 0 saturated carbocycles. The molecule has 0 fully saturated rings. The van der Waals surface area contributed by atoms with E-state index in [1.807, 2.05) is 20.1 Å². The third-order valence-electron chi connectivity index (χ3n) is 4.21. The minimum absolute atomic E-state index is 0.0359. The molecule has 0 spiro atoms. The lowest BCUT2D eigenvalue weighted by molar-refractivity contribution is -0.384. The number of benzene rings is 1. The van der Waals surface area contributed by atoms with E-state index in [2.05, 4.69) is 10.1 Å². The van der Waals surface area contributed by atoms with Crippen LogP contribution in [0.15, 0.2) is 29.4 Å². The monoisotopic (exact) mass is 452 g/mol. The van der Waals surface area contributed by atoms with Crippen LogP contribution in [0.1, 0.15) is 25.2 Å². The van der Waals surface area contributed by atoms with Gasteiger partial charge in [-0.2, -0.15) is 16.4 Å². The van der Waals surface area contributed by atoms with E-state index in [-0.39, 0.29) is 28.9 Å². The average molecular weight is 453 g/mol. The Balaban J connectivity index is 2.21. The van der Waals surface area contributed by atoms with E-state index in [0.717, 1.165) is 0 Å². The molecule has 0 unspecified atom stereocenters. The van der Waals surface area contributed by atoms with Crippen LogP contribution in [-0.4, -0.2) is 68.2 Å². The van der Waals surface area contributed by atoms with Crippen LogP contribution < -0.4 is 0 Å². The van der Waals surface area contributed by atoms with Crippen molar-refractivity contribution in [2.24, 2.45) is 0 Å². The van der Waals surface area contributed by atoms with Crippen LogP contribution >= 0.6 is 23.5 Å². The van der Waals surface area contributed by atoms with Gasteiger partial charge in [-0.1, -0.05) is 23.9 Å². The Morgan fingerprint density at radius 2 is 2.07 bits per heavy atom. The fourth-order valence-corrected chi connectivity index (χ4v) is 3.40. The summed E-state index contributed by atoms with van der Waals surface area (Å²) in [6.07, 6.45) is 2.60. The molecule has 10 nitrogen and oxygen atoms in total. The number of nitrogens with zero attached hydrogens (tertiary/aromatic N) is 6. The van der Waals surface area contributed by atoms with Gasteiger partial charge in [0.25, 0.3) is 5.69 Å². The van der Waals surface area contributed by atoms with Gasteiger partial charge in [0, 0.05) is 32.8 Å². The van der Waals surface area contributed by atoms with Crippen molar-refractivity contribution >= 4 is 41.7 Å². The molecule has 1 aromatic heterocycles. The number of carbonyl (C=O) groups excluding carboxylic acids is 2. The van der Waals surface area contributed by atoms with Gasteiger partial charge in [-0.25, -0.2) is 9.78 Å². The highest BCUT2D eigenvalue weighted by Gasteiger charge is 2.28. The Bertz CT molecular complexity index is 931. The maximum atomic E-state index is 12.5. The largest absolute Gasteiger partial charge is 0.346 e. The van der Waals surface area contributed by atoms with E-state index in [9.17, 15) is 19.7 Å². The third-order valence-corrected chi connectivity index (χ3v) is 6.39. The first kappa shape index (κ1) is 23.7. The van der Waals surface area contributed by atoms with Crippen molar-refractivity contribution in [3.63, 3.8) is 0 Å². The first-order chi connectivity index (χ1) is 14.1. The highest BCUT2D eigenvalue weighted by atomic mass is 32.2. The van der Waals surface area contributed by atoms with E-state index in [4.69, 9.17) is 0 Å². The number of amides is 2. The number of nitro groups is 1. The van der Waals surface area contributed by atoms with Crippen LogP contribution in [-0.2, 0) is 16.1 Å². The zero-order chi connectivity index (χ0) is 22.5. The Morgan fingerprint density at radius 1 is 1.37 bits per heavy atom. The molecular weight excluding hydrogens is 428 g/mol. The second kappa shape index (κ2) is 9.94. The molecule has 0 aliphatic rings. The molecule has 0 aliphatic heterocycles. The van der Waals surface area contributed by atoms with E-state index in [0.29, 0.717) is 23.0 Å². The second-order valence-corrected chi connectivity index (χ2v) is 9.41. The molecule has 0 bridgehead atoms. The molecule has 0 atom stereocenters. The number of hydrogen-bond acceptors (Lipinski definition) is 8. The number of carbonyl (C=O) groups is 2. The van der Waals surface area contributed by atoms with Crippen molar-refractivity contribution in [3.8, 4) is 0 Å². The zero-order valence-corrected chi connectivity index (χ0v) is 19.1. The molecule has 12 heteroatoms. The minimum Gasteiger partial charge on any atom is -0.331 e. The summed E-state index contributed by atoms with van der Waals surface area (Å²) < 4.78 is 0.842. The first-order valence-electron chi connectivity index (χ1n) is 8.89. The first-order valence-corrected chi connectivity index (χ1v) is 11.1. The van der Waals surface area contributed by atoms with Gasteiger partial charge in [-0.15, -0.1) is 5.10 Å². The predicted octanol–water partition coefficient (Wildman–Crippen LogP) is 3.02. The molecule has 0 N–H and O–H groups in total. The summed E-state index contributed by atoms with van der Waals surface area (Å²) in [7, 11) is 3.25. The Labute approximate surface area is 183 Å². The van der Waals surface area contributed by atoms with Crippen molar-refractivity contribution in [3.05, 3.63) is 45.8 Å². The third kappa shape index (κ3) is 5.72. The maximum absolute atomic E-state index is 12.5. The zero-order valence-electron chi connectivity index (χ0n) is 17.4. The molecule has 0 radical (unpaired) electrons. The number of nitro benzene ring substituents is 1. The molecule has 1 heterocycles. The molecular formula is C18H24N6O4S2.